The Kier molecular flexibility index (Phi) is 3.99. The average molecular weight is 394 g/mol. The van der Waals surface area contributed by atoms with Crippen molar-refractivity contribution in [2.45, 2.75) is 10.5 Å². The number of halogens is 1. The molecule has 1 atom stereocenters. The minimum absolute atomic E-state index is 0.200. The van der Waals surface area contributed by atoms with Gasteiger partial charge in [-0.1, -0.05) is 65.8 Å². The molecule has 1 aliphatic heterocycles. The minimum atomic E-state index is -0.200. The molecular formula is C18H12ClN7S. The monoisotopic (exact) mass is 393 g/mol. The first-order valence-electron chi connectivity index (χ1n) is 8.16. The van der Waals surface area contributed by atoms with Gasteiger partial charge in [-0.05, 0) is 12.1 Å². The molecule has 3 heterocycles. The SMILES string of the molecule is Clc1ccc(C2=Nn3c(nnc3-c3ccccc3)S[C@@H]2n2cncn2)cc1. The van der Waals surface area contributed by atoms with Crippen molar-refractivity contribution in [3.8, 4) is 11.4 Å². The summed E-state index contributed by atoms with van der Waals surface area (Å²) in [6.07, 6.45) is 3.18. The lowest BCUT2D eigenvalue weighted by Gasteiger charge is -2.23. The molecule has 7 nitrogen and oxygen atoms in total. The Morgan fingerprint density at radius 2 is 1.74 bits per heavy atom. The fraction of sp³-hybridized carbons (Fsp3) is 0.0556. The number of hydrogen-bond donors (Lipinski definition) is 0. The van der Waals surface area contributed by atoms with Crippen LogP contribution in [0.3, 0.4) is 0 Å². The van der Waals surface area contributed by atoms with Crippen LogP contribution in [0.15, 0.2) is 77.5 Å². The second kappa shape index (κ2) is 6.64. The smallest absolute Gasteiger partial charge is 0.214 e. The predicted octanol–water partition coefficient (Wildman–Crippen LogP) is 3.75. The summed E-state index contributed by atoms with van der Waals surface area (Å²) in [5.74, 6) is 0.696. The summed E-state index contributed by atoms with van der Waals surface area (Å²) in [5, 5.41) is 19.0. The topological polar surface area (TPSA) is 73.8 Å². The number of nitrogens with zero attached hydrogens (tertiary/aromatic N) is 7. The Hall–Kier alpha value is -2.97. The first kappa shape index (κ1) is 16.2. The van der Waals surface area contributed by atoms with Crippen molar-refractivity contribution in [3.05, 3.63) is 77.8 Å². The quantitative estimate of drug-likeness (QED) is 0.530. The van der Waals surface area contributed by atoms with E-state index in [1.807, 2.05) is 54.6 Å². The second-order valence-electron chi connectivity index (χ2n) is 5.82. The van der Waals surface area contributed by atoms with Crippen LogP contribution in [0.5, 0.6) is 0 Å². The van der Waals surface area contributed by atoms with Gasteiger partial charge in [0.15, 0.2) is 11.2 Å². The van der Waals surface area contributed by atoms with E-state index in [0.717, 1.165) is 16.8 Å². The summed E-state index contributed by atoms with van der Waals surface area (Å²) in [6.45, 7) is 0. The summed E-state index contributed by atoms with van der Waals surface area (Å²) in [4.78, 5) is 4.07. The largest absolute Gasteiger partial charge is 0.233 e. The van der Waals surface area contributed by atoms with Crippen LogP contribution in [0.1, 0.15) is 10.9 Å². The third-order valence-electron chi connectivity index (χ3n) is 4.12. The van der Waals surface area contributed by atoms with Crippen LogP contribution in [-0.2, 0) is 0 Å². The van der Waals surface area contributed by atoms with Gasteiger partial charge in [0.25, 0.3) is 0 Å². The summed E-state index contributed by atoms with van der Waals surface area (Å²) < 4.78 is 3.54. The van der Waals surface area contributed by atoms with Crippen molar-refractivity contribution >= 4 is 29.1 Å². The number of aromatic nitrogens is 6. The van der Waals surface area contributed by atoms with Crippen molar-refractivity contribution in [2.75, 3.05) is 0 Å². The van der Waals surface area contributed by atoms with Gasteiger partial charge in [0, 0.05) is 16.1 Å². The van der Waals surface area contributed by atoms with E-state index in [-0.39, 0.29) is 5.37 Å². The predicted molar refractivity (Wildman–Crippen MR) is 104 cm³/mol. The number of hydrogen-bond acceptors (Lipinski definition) is 6. The molecule has 27 heavy (non-hydrogen) atoms. The molecule has 5 rings (SSSR count). The molecule has 0 fully saturated rings. The zero-order chi connectivity index (χ0) is 18.2. The van der Waals surface area contributed by atoms with E-state index in [4.69, 9.17) is 16.7 Å². The fourth-order valence-corrected chi connectivity index (χ4v) is 4.00. The lowest BCUT2D eigenvalue weighted by Crippen LogP contribution is -2.23. The fourth-order valence-electron chi connectivity index (χ4n) is 2.85. The Labute approximate surface area is 163 Å². The Morgan fingerprint density at radius 1 is 0.926 bits per heavy atom. The zero-order valence-corrected chi connectivity index (χ0v) is 15.4. The highest BCUT2D eigenvalue weighted by atomic mass is 35.5. The maximum Gasteiger partial charge on any atom is 0.214 e. The molecule has 0 unspecified atom stereocenters. The molecular weight excluding hydrogens is 382 g/mol. The highest BCUT2D eigenvalue weighted by molar-refractivity contribution is 8.00. The number of thioether (sulfide) groups is 1. The molecule has 132 valence electrons. The number of benzene rings is 2. The summed E-state index contributed by atoms with van der Waals surface area (Å²) >= 11 is 7.58. The van der Waals surface area contributed by atoms with E-state index in [1.165, 1.54) is 18.1 Å². The molecule has 0 amide bonds. The summed E-state index contributed by atoms with van der Waals surface area (Å²) in [6, 6.07) is 17.5. The Balaban J connectivity index is 1.67. The van der Waals surface area contributed by atoms with Crippen molar-refractivity contribution < 1.29 is 0 Å². The molecule has 0 saturated carbocycles. The highest BCUT2D eigenvalue weighted by Crippen LogP contribution is 2.38. The second-order valence-corrected chi connectivity index (χ2v) is 7.31. The van der Waals surface area contributed by atoms with Gasteiger partial charge in [0.2, 0.25) is 5.16 Å². The number of rotatable bonds is 3. The van der Waals surface area contributed by atoms with E-state index in [1.54, 1.807) is 15.7 Å². The molecule has 2 aromatic heterocycles. The van der Waals surface area contributed by atoms with E-state index >= 15 is 0 Å². The van der Waals surface area contributed by atoms with E-state index in [9.17, 15) is 0 Å². The van der Waals surface area contributed by atoms with Crippen LogP contribution in [0.25, 0.3) is 11.4 Å². The standard InChI is InChI=1S/C18H12ClN7S/c19-14-8-6-12(7-9-14)15-17(25-11-20-10-21-25)27-18-23-22-16(26(18)24-15)13-4-2-1-3-5-13/h1-11,17H/t17-/m0/s1. The van der Waals surface area contributed by atoms with Gasteiger partial charge in [0.05, 0.1) is 0 Å². The van der Waals surface area contributed by atoms with Gasteiger partial charge in [-0.2, -0.15) is 14.9 Å². The van der Waals surface area contributed by atoms with Crippen molar-refractivity contribution in [1.29, 1.82) is 0 Å². The molecule has 0 N–H and O–H groups in total. The van der Waals surface area contributed by atoms with Gasteiger partial charge in [-0.25, -0.2) is 9.67 Å². The van der Waals surface area contributed by atoms with E-state index in [0.29, 0.717) is 16.0 Å². The van der Waals surface area contributed by atoms with E-state index in [2.05, 4.69) is 20.3 Å². The third-order valence-corrected chi connectivity index (χ3v) is 5.50. The normalized spacial score (nSPS) is 16.0. The third kappa shape index (κ3) is 2.92. The van der Waals surface area contributed by atoms with Crippen molar-refractivity contribution in [1.82, 2.24) is 29.6 Å². The first-order valence-corrected chi connectivity index (χ1v) is 9.42. The molecule has 4 aromatic rings. The molecule has 0 radical (unpaired) electrons. The lowest BCUT2D eigenvalue weighted by molar-refractivity contribution is 0.666. The maximum atomic E-state index is 6.06. The van der Waals surface area contributed by atoms with Crippen LogP contribution in [0.4, 0.5) is 0 Å². The van der Waals surface area contributed by atoms with Crippen LogP contribution >= 0.6 is 23.4 Å². The van der Waals surface area contributed by atoms with Crippen molar-refractivity contribution in [3.63, 3.8) is 0 Å². The zero-order valence-electron chi connectivity index (χ0n) is 13.8. The molecule has 0 bridgehead atoms. The molecule has 9 heteroatoms. The minimum Gasteiger partial charge on any atom is -0.233 e. The van der Waals surface area contributed by atoms with Gasteiger partial charge >= 0.3 is 0 Å². The molecule has 2 aromatic carbocycles. The Bertz CT molecular complexity index is 1100. The molecule has 0 saturated heterocycles. The summed E-state index contributed by atoms with van der Waals surface area (Å²) in [5.41, 5.74) is 2.73. The van der Waals surface area contributed by atoms with Gasteiger partial charge in [-0.15, -0.1) is 10.2 Å². The average Bonchev–Trinajstić information content (AvgIpc) is 3.38. The summed E-state index contributed by atoms with van der Waals surface area (Å²) in [7, 11) is 0. The van der Waals surface area contributed by atoms with Crippen LogP contribution in [-0.4, -0.2) is 35.3 Å². The van der Waals surface area contributed by atoms with Crippen LogP contribution in [0.2, 0.25) is 5.02 Å². The van der Waals surface area contributed by atoms with Gasteiger partial charge in [-0.3, -0.25) is 0 Å². The Morgan fingerprint density at radius 3 is 2.48 bits per heavy atom. The molecule has 0 aliphatic carbocycles. The van der Waals surface area contributed by atoms with E-state index < -0.39 is 0 Å². The first-order chi connectivity index (χ1) is 13.3. The maximum absolute atomic E-state index is 6.06. The van der Waals surface area contributed by atoms with Gasteiger partial charge in [0.1, 0.15) is 18.4 Å². The highest BCUT2D eigenvalue weighted by Gasteiger charge is 2.31. The lowest BCUT2D eigenvalue weighted by atomic mass is 10.1. The van der Waals surface area contributed by atoms with Gasteiger partial charge < -0.3 is 0 Å². The molecule has 1 aliphatic rings. The van der Waals surface area contributed by atoms with Crippen molar-refractivity contribution in [2.24, 2.45) is 5.10 Å². The number of fused-ring (bicyclic) bond motifs is 1. The molecule has 0 spiro atoms. The van der Waals surface area contributed by atoms with Crippen LogP contribution < -0.4 is 0 Å². The van der Waals surface area contributed by atoms with Crippen LogP contribution in [0, 0.1) is 0 Å².